The number of benzene rings is 2. The summed E-state index contributed by atoms with van der Waals surface area (Å²) in [5.41, 5.74) is 2.16. The molecule has 27 heavy (non-hydrogen) atoms. The molecule has 2 atom stereocenters. The van der Waals surface area contributed by atoms with Crippen LogP contribution in [-0.4, -0.2) is 29.9 Å². The predicted molar refractivity (Wildman–Crippen MR) is 99.8 cm³/mol. The van der Waals surface area contributed by atoms with Gasteiger partial charge >= 0.3 is 5.97 Å². The Labute approximate surface area is 157 Å². The Kier molecular flexibility index (Phi) is 5.54. The number of ether oxygens (including phenoxy) is 2. The number of aryl methyl sites for hydroxylation is 1. The third kappa shape index (κ3) is 4.34. The van der Waals surface area contributed by atoms with Crippen LogP contribution in [0.1, 0.15) is 36.2 Å². The van der Waals surface area contributed by atoms with Gasteiger partial charge in [-0.1, -0.05) is 43.3 Å². The van der Waals surface area contributed by atoms with Crippen LogP contribution in [0, 0.1) is 0 Å². The number of ketones is 1. The van der Waals surface area contributed by atoms with Gasteiger partial charge in [-0.2, -0.15) is 0 Å². The zero-order valence-corrected chi connectivity index (χ0v) is 15.2. The molecule has 6 heteroatoms. The predicted octanol–water partition coefficient (Wildman–Crippen LogP) is 3.15. The molecular formula is C21H21NO5. The lowest BCUT2D eigenvalue weighted by Gasteiger charge is -2.25. The highest BCUT2D eigenvalue weighted by molar-refractivity contribution is 6.01. The number of carbonyl (C=O) groups excluding carboxylic acids is 3. The summed E-state index contributed by atoms with van der Waals surface area (Å²) in [7, 11) is 0. The first-order valence-corrected chi connectivity index (χ1v) is 8.87. The maximum atomic E-state index is 12.4. The summed E-state index contributed by atoms with van der Waals surface area (Å²) in [6.07, 6.45) is -1.32. The average Bonchev–Trinajstić information content (AvgIpc) is 2.68. The summed E-state index contributed by atoms with van der Waals surface area (Å²) in [4.78, 5) is 36.7. The molecule has 0 bridgehead atoms. The van der Waals surface area contributed by atoms with E-state index < -0.39 is 24.1 Å². The van der Waals surface area contributed by atoms with Gasteiger partial charge in [0.05, 0.1) is 12.1 Å². The van der Waals surface area contributed by atoms with E-state index in [-0.39, 0.29) is 12.2 Å². The van der Waals surface area contributed by atoms with Crippen molar-refractivity contribution in [2.45, 2.75) is 38.9 Å². The van der Waals surface area contributed by atoms with E-state index in [1.54, 1.807) is 36.4 Å². The van der Waals surface area contributed by atoms with Crippen molar-refractivity contribution < 1.29 is 23.9 Å². The molecule has 0 radical (unpaired) electrons. The van der Waals surface area contributed by atoms with E-state index in [0.717, 1.165) is 12.0 Å². The second-order valence-electron chi connectivity index (χ2n) is 6.34. The normalized spacial score (nSPS) is 16.5. The highest BCUT2D eigenvalue weighted by Gasteiger charge is 2.31. The Morgan fingerprint density at radius 1 is 1.15 bits per heavy atom. The number of amides is 1. The summed E-state index contributed by atoms with van der Waals surface area (Å²) in [5.74, 6) is -0.874. The van der Waals surface area contributed by atoms with Crippen LogP contribution in [0.5, 0.6) is 5.75 Å². The third-order valence-electron chi connectivity index (χ3n) is 4.38. The lowest BCUT2D eigenvalue weighted by Crippen LogP contribution is -2.39. The van der Waals surface area contributed by atoms with Gasteiger partial charge < -0.3 is 14.8 Å². The summed E-state index contributed by atoms with van der Waals surface area (Å²) < 4.78 is 10.8. The van der Waals surface area contributed by atoms with Crippen LogP contribution in [0.2, 0.25) is 0 Å². The molecule has 0 saturated carbocycles. The highest BCUT2D eigenvalue weighted by Crippen LogP contribution is 2.29. The molecule has 2 aromatic rings. The van der Waals surface area contributed by atoms with Crippen molar-refractivity contribution >= 4 is 23.3 Å². The first kappa shape index (κ1) is 18.6. The van der Waals surface area contributed by atoms with E-state index in [2.05, 4.69) is 5.32 Å². The maximum absolute atomic E-state index is 12.4. The molecule has 0 aliphatic carbocycles. The monoisotopic (exact) mass is 367 g/mol. The fourth-order valence-corrected chi connectivity index (χ4v) is 2.82. The molecule has 0 fully saturated rings. The van der Waals surface area contributed by atoms with Crippen LogP contribution in [-0.2, 0) is 20.7 Å². The van der Waals surface area contributed by atoms with Crippen LogP contribution in [0.4, 0.5) is 5.69 Å². The van der Waals surface area contributed by atoms with Gasteiger partial charge in [0.25, 0.3) is 5.91 Å². The lowest BCUT2D eigenvalue weighted by molar-refractivity contribution is -0.150. The van der Waals surface area contributed by atoms with Gasteiger partial charge in [-0.3, -0.25) is 14.4 Å². The molecule has 0 spiro atoms. The van der Waals surface area contributed by atoms with E-state index in [1.165, 1.54) is 6.92 Å². The van der Waals surface area contributed by atoms with Crippen LogP contribution in [0.15, 0.2) is 48.5 Å². The number of Topliss-reactive ketones (excluding diaryl/α,β-unsaturated/α-hetero) is 1. The highest BCUT2D eigenvalue weighted by atomic mass is 16.6. The van der Waals surface area contributed by atoms with Crippen LogP contribution < -0.4 is 10.1 Å². The molecule has 0 aromatic heterocycles. The molecule has 1 N–H and O–H groups in total. The number of hydrogen-bond donors (Lipinski definition) is 1. The van der Waals surface area contributed by atoms with E-state index in [1.807, 2.05) is 19.1 Å². The van der Waals surface area contributed by atoms with Crippen molar-refractivity contribution in [2.75, 3.05) is 5.32 Å². The molecule has 1 amide bonds. The van der Waals surface area contributed by atoms with E-state index in [0.29, 0.717) is 17.0 Å². The molecular weight excluding hydrogens is 346 g/mol. The van der Waals surface area contributed by atoms with Crippen molar-refractivity contribution in [1.29, 1.82) is 0 Å². The average molecular weight is 367 g/mol. The van der Waals surface area contributed by atoms with Gasteiger partial charge in [-0.15, -0.1) is 0 Å². The van der Waals surface area contributed by atoms with Crippen molar-refractivity contribution in [2.24, 2.45) is 0 Å². The molecule has 1 heterocycles. The number of fused-ring (bicyclic) bond motifs is 1. The number of rotatable bonds is 6. The van der Waals surface area contributed by atoms with Gasteiger partial charge in [0, 0.05) is 5.56 Å². The summed E-state index contributed by atoms with van der Waals surface area (Å²) in [5, 5.41) is 2.69. The lowest BCUT2D eigenvalue weighted by atomic mass is 10.0. The number of nitrogens with one attached hydrogen (secondary N) is 1. The first-order chi connectivity index (χ1) is 13.0. The summed E-state index contributed by atoms with van der Waals surface area (Å²) in [6.45, 7) is 3.55. The van der Waals surface area contributed by atoms with Crippen molar-refractivity contribution in [3.8, 4) is 5.75 Å². The molecule has 140 valence electrons. The molecule has 6 nitrogen and oxygen atoms in total. The number of esters is 1. The number of anilines is 1. The van der Waals surface area contributed by atoms with E-state index in [4.69, 9.17) is 9.47 Å². The fraction of sp³-hybridized carbons (Fsp3) is 0.286. The molecule has 2 unspecified atom stereocenters. The fourth-order valence-electron chi connectivity index (χ4n) is 2.82. The van der Waals surface area contributed by atoms with Crippen LogP contribution >= 0.6 is 0 Å². The Bertz CT molecular complexity index is 859. The topological polar surface area (TPSA) is 81.7 Å². The number of para-hydroxylation sites is 2. The summed E-state index contributed by atoms with van der Waals surface area (Å²) in [6, 6.07) is 14.2. The Balaban J connectivity index is 1.58. The quantitative estimate of drug-likeness (QED) is 0.626. The van der Waals surface area contributed by atoms with E-state index in [9.17, 15) is 14.4 Å². The van der Waals surface area contributed by atoms with Gasteiger partial charge in [-0.25, -0.2) is 0 Å². The second kappa shape index (κ2) is 8.03. The minimum Gasteiger partial charge on any atom is -0.478 e. The van der Waals surface area contributed by atoms with Crippen LogP contribution in [0.3, 0.4) is 0 Å². The molecule has 2 aromatic carbocycles. The first-order valence-electron chi connectivity index (χ1n) is 8.87. The second-order valence-corrected chi connectivity index (χ2v) is 6.34. The summed E-state index contributed by atoms with van der Waals surface area (Å²) >= 11 is 0. The Morgan fingerprint density at radius 3 is 2.56 bits per heavy atom. The van der Waals surface area contributed by atoms with Crippen LogP contribution in [0.25, 0.3) is 0 Å². The molecule has 1 aliphatic rings. The Morgan fingerprint density at radius 2 is 1.85 bits per heavy atom. The van der Waals surface area contributed by atoms with E-state index >= 15 is 0 Å². The minimum atomic E-state index is -0.987. The van der Waals surface area contributed by atoms with Gasteiger partial charge in [0.2, 0.25) is 5.78 Å². The van der Waals surface area contributed by atoms with Gasteiger partial charge in [0.1, 0.15) is 5.75 Å². The maximum Gasteiger partial charge on any atom is 0.310 e. The molecule has 0 saturated heterocycles. The van der Waals surface area contributed by atoms with Gasteiger partial charge in [-0.05, 0) is 31.0 Å². The third-order valence-corrected chi connectivity index (χ3v) is 4.38. The molecule has 3 rings (SSSR count). The number of hydrogen-bond acceptors (Lipinski definition) is 5. The zero-order chi connectivity index (χ0) is 19.4. The SMILES string of the molecule is CCc1ccc(C(=O)C(C)OC(=O)CC2Oc3ccccc3NC2=O)cc1. The largest absolute Gasteiger partial charge is 0.478 e. The van der Waals surface area contributed by atoms with Crippen molar-refractivity contribution in [1.82, 2.24) is 0 Å². The zero-order valence-electron chi connectivity index (χ0n) is 15.2. The number of carbonyl (C=O) groups is 3. The van der Waals surface area contributed by atoms with Gasteiger partial charge in [0.15, 0.2) is 12.2 Å². The van der Waals surface area contributed by atoms with Crippen molar-refractivity contribution in [3.63, 3.8) is 0 Å². The smallest absolute Gasteiger partial charge is 0.310 e. The standard InChI is InChI=1S/C21H21NO5/c1-3-14-8-10-15(11-9-14)20(24)13(2)26-19(23)12-18-21(25)22-16-6-4-5-7-17(16)27-18/h4-11,13,18H,3,12H2,1-2H3,(H,22,25). The Hall–Kier alpha value is -3.15. The molecule has 1 aliphatic heterocycles. The minimum absolute atomic E-state index is 0.271. The van der Waals surface area contributed by atoms with Crippen molar-refractivity contribution in [3.05, 3.63) is 59.7 Å².